The summed E-state index contributed by atoms with van der Waals surface area (Å²) in [4.78, 5) is 46.5. The Hall–Kier alpha value is -4.21. The van der Waals surface area contributed by atoms with Gasteiger partial charge in [0.25, 0.3) is 5.69 Å². The fraction of sp³-hybridized carbons (Fsp3) is 0.261. The Bertz CT molecular complexity index is 1480. The second-order valence-corrected chi connectivity index (χ2v) is 7.47. The predicted molar refractivity (Wildman–Crippen MR) is 118 cm³/mol. The predicted octanol–water partition coefficient (Wildman–Crippen LogP) is 3.70. The lowest BCUT2D eigenvalue weighted by Crippen LogP contribution is -2.15. The minimum atomic E-state index is -0.659. The van der Waals surface area contributed by atoms with Gasteiger partial charge in [-0.05, 0) is 30.5 Å². The van der Waals surface area contributed by atoms with E-state index in [0.717, 1.165) is 12.0 Å². The van der Waals surface area contributed by atoms with Gasteiger partial charge < -0.3 is 13.6 Å². The number of nitro groups is 1. The maximum atomic E-state index is 12.2. The molecule has 33 heavy (non-hydrogen) atoms. The maximum absolute atomic E-state index is 12.2. The molecule has 2 aromatic carbocycles. The van der Waals surface area contributed by atoms with Gasteiger partial charge in [0.1, 0.15) is 12.2 Å². The van der Waals surface area contributed by atoms with E-state index in [1.54, 1.807) is 6.07 Å². The molecule has 2 heterocycles. The highest BCUT2D eigenvalue weighted by Crippen LogP contribution is 2.21. The second-order valence-electron chi connectivity index (χ2n) is 7.47. The summed E-state index contributed by atoms with van der Waals surface area (Å²) in [5, 5.41) is 11.6. The van der Waals surface area contributed by atoms with Crippen molar-refractivity contribution in [3.8, 4) is 0 Å². The van der Waals surface area contributed by atoms with Crippen LogP contribution in [-0.2, 0) is 29.1 Å². The molecule has 0 amide bonds. The van der Waals surface area contributed by atoms with Crippen LogP contribution in [0.5, 0.6) is 0 Å². The molecule has 2 aromatic heterocycles. The van der Waals surface area contributed by atoms with E-state index in [4.69, 9.17) is 13.6 Å². The van der Waals surface area contributed by atoms with Crippen molar-refractivity contribution in [2.45, 2.75) is 39.3 Å². The van der Waals surface area contributed by atoms with E-state index in [2.05, 4.69) is 0 Å². The molecular weight excluding hydrogens is 432 g/mol. The number of benzene rings is 2. The molecule has 0 aliphatic rings. The highest BCUT2D eigenvalue weighted by Gasteiger charge is 2.15. The minimum Gasteiger partial charge on any atom is -0.461 e. The molecule has 0 saturated heterocycles. The number of rotatable bonds is 8. The summed E-state index contributed by atoms with van der Waals surface area (Å²) < 4.78 is 17.0. The molecule has 4 rings (SSSR count). The van der Waals surface area contributed by atoms with Crippen LogP contribution < -0.4 is 11.4 Å². The van der Waals surface area contributed by atoms with Crippen molar-refractivity contribution in [3.63, 3.8) is 0 Å². The monoisotopic (exact) mass is 452 g/mol. The number of carbonyl (C=O) groups excluding carboxylic acids is 1. The van der Waals surface area contributed by atoms with Gasteiger partial charge in [-0.15, -0.1) is 0 Å². The number of esters is 1. The van der Waals surface area contributed by atoms with Crippen LogP contribution in [0.3, 0.4) is 0 Å². The number of non-ortho nitro benzene ring substituents is 1. The molecule has 4 aromatic rings. The molecule has 0 atom stereocenters. The van der Waals surface area contributed by atoms with E-state index in [0.29, 0.717) is 28.5 Å². The van der Waals surface area contributed by atoms with Gasteiger partial charge in [0, 0.05) is 36.0 Å². The molecule has 0 radical (unpaired) electrons. The zero-order valence-electron chi connectivity index (χ0n) is 17.7. The normalized spacial score (nSPS) is 11.2. The fourth-order valence-electron chi connectivity index (χ4n) is 3.61. The highest BCUT2D eigenvalue weighted by molar-refractivity contribution is 5.81. The average Bonchev–Trinajstić information content (AvgIpc) is 3.11. The maximum Gasteiger partial charge on any atom is 0.419 e. The summed E-state index contributed by atoms with van der Waals surface area (Å²) in [6.45, 7) is 2.09. The van der Waals surface area contributed by atoms with E-state index >= 15 is 0 Å². The summed E-state index contributed by atoms with van der Waals surface area (Å²) in [5.41, 5.74) is 1.84. The Morgan fingerprint density at radius 1 is 1.09 bits per heavy atom. The van der Waals surface area contributed by atoms with Gasteiger partial charge in [0.15, 0.2) is 5.58 Å². The van der Waals surface area contributed by atoms with Crippen molar-refractivity contribution >= 4 is 33.7 Å². The first-order valence-electron chi connectivity index (χ1n) is 10.3. The molecule has 0 saturated carbocycles. The van der Waals surface area contributed by atoms with Gasteiger partial charge in [0.2, 0.25) is 0 Å². The first-order valence-corrected chi connectivity index (χ1v) is 10.3. The van der Waals surface area contributed by atoms with Crippen molar-refractivity contribution in [3.05, 3.63) is 84.7 Å². The summed E-state index contributed by atoms with van der Waals surface area (Å²) in [7, 11) is 0. The van der Waals surface area contributed by atoms with Crippen molar-refractivity contribution < 1.29 is 23.3 Å². The first-order chi connectivity index (χ1) is 15.9. The zero-order chi connectivity index (χ0) is 23.5. The van der Waals surface area contributed by atoms with Crippen molar-refractivity contribution in [2.24, 2.45) is 0 Å². The summed E-state index contributed by atoms with van der Waals surface area (Å²) in [6, 6.07) is 10.8. The number of nitrogens with zero attached hydrogens (tertiary/aromatic N) is 2. The second kappa shape index (κ2) is 9.11. The lowest BCUT2D eigenvalue weighted by atomic mass is 10.1. The van der Waals surface area contributed by atoms with Gasteiger partial charge in [0.05, 0.1) is 16.5 Å². The van der Waals surface area contributed by atoms with Crippen LogP contribution in [0.2, 0.25) is 0 Å². The Balaban J connectivity index is 1.39. The van der Waals surface area contributed by atoms with Crippen molar-refractivity contribution in [1.82, 2.24) is 4.57 Å². The lowest BCUT2D eigenvalue weighted by Gasteiger charge is -2.08. The SMILES string of the molecule is CCc1ccc2c(COC(=O)CCCn3c(=O)oc4cc([N+](=O)[O-])ccc43)cc(=O)oc2c1. The molecule has 170 valence electrons. The molecule has 0 aliphatic heterocycles. The van der Waals surface area contributed by atoms with Crippen LogP contribution in [-0.4, -0.2) is 15.5 Å². The van der Waals surface area contributed by atoms with E-state index in [-0.39, 0.29) is 30.8 Å². The van der Waals surface area contributed by atoms with Crippen molar-refractivity contribution in [2.75, 3.05) is 0 Å². The molecule has 0 N–H and O–H groups in total. The van der Waals surface area contributed by atoms with Crippen molar-refractivity contribution in [1.29, 1.82) is 0 Å². The molecule has 10 nitrogen and oxygen atoms in total. The van der Waals surface area contributed by atoms with Gasteiger partial charge in [-0.3, -0.25) is 19.5 Å². The van der Waals surface area contributed by atoms with Crippen LogP contribution in [0, 0.1) is 10.1 Å². The molecule has 0 fully saturated rings. The number of carbonyl (C=O) groups is 1. The molecule has 0 spiro atoms. The number of hydrogen-bond donors (Lipinski definition) is 0. The minimum absolute atomic E-state index is 0.0332. The van der Waals surface area contributed by atoms with Crippen LogP contribution >= 0.6 is 0 Å². The number of hydrogen-bond acceptors (Lipinski definition) is 8. The van der Waals surface area contributed by atoms with E-state index < -0.39 is 22.3 Å². The quantitative estimate of drug-likeness (QED) is 0.171. The standard InChI is InChI=1S/C23H20N2O8/c1-2-14-5-7-17-15(11-22(27)32-19(17)10-14)13-31-21(26)4-3-9-24-18-8-6-16(25(29)30)12-20(18)33-23(24)28/h5-8,10-12H,2-4,9,13H2,1H3. The van der Waals surface area contributed by atoms with Crippen LogP contribution in [0.25, 0.3) is 22.1 Å². The summed E-state index contributed by atoms with van der Waals surface area (Å²) >= 11 is 0. The first kappa shape index (κ1) is 22.0. The Morgan fingerprint density at radius 2 is 1.91 bits per heavy atom. The Kier molecular flexibility index (Phi) is 6.07. The summed E-state index contributed by atoms with van der Waals surface area (Å²) in [6.07, 6.45) is 1.12. The highest BCUT2D eigenvalue weighted by atomic mass is 16.6. The zero-order valence-corrected chi connectivity index (χ0v) is 17.7. The number of fused-ring (bicyclic) bond motifs is 2. The number of ether oxygens (including phenoxy) is 1. The largest absolute Gasteiger partial charge is 0.461 e. The molecular formula is C23H20N2O8. The number of nitro benzene ring substituents is 1. The Labute approximate surface area is 186 Å². The fourth-order valence-corrected chi connectivity index (χ4v) is 3.61. The van der Waals surface area contributed by atoms with Crippen LogP contribution in [0.15, 0.2) is 60.9 Å². The third-order valence-corrected chi connectivity index (χ3v) is 5.32. The van der Waals surface area contributed by atoms with Gasteiger partial charge in [-0.2, -0.15) is 0 Å². The molecule has 0 unspecified atom stereocenters. The topological polar surface area (TPSA) is 135 Å². The van der Waals surface area contributed by atoms with E-state index in [1.165, 1.54) is 28.8 Å². The van der Waals surface area contributed by atoms with Gasteiger partial charge in [-0.25, -0.2) is 9.59 Å². The van der Waals surface area contributed by atoms with Crippen LogP contribution in [0.1, 0.15) is 30.9 Å². The summed E-state index contributed by atoms with van der Waals surface area (Å²) in [5.74, 6) is -1.15. The molecule has 0 aliphatic carbocycles. The average molecular weight is 452 g/mol. The lowest BCUT2D eigenvalue weighted by molar-refractivity contribution is -0.384. The third kappa shape index (κ3) is 4.69. The number of oxazole rings is 1. The molecule has 10 heteroatoms. The number of aromatic nitrogens is 1. The third-order valence-electron chi connectivity index (χ3n) is 5.32. The van der Waals surface area contributed by atoms with E-state index in [1.807, 2.05) is 19.1 Å². The smallest absolute Gasteiger partial charge is 0.419 e. The number of aryl methyl sites for hydroxylation is 2. The molecule has 0 bridgehead atoms. The van der Waals surface area contributed by atoms with Crippen LogP contribution in [0.4, 0.5) is 5.69 Å². The van der Waals surface area contributed by atoms with E-state index in [9.17, 15) is 24.5 Å². The van der Waals surface area contributed by atoms with Gasteiger partial charge in [-0.1, -0.05) is 19.1 Å². The Morgan fingerprint density at radius 3 is 2.67 bits per heavy atom. The van der Waals surface area contributed by atoms with Gasteiger partial charge >= 0.3 is 17.4 Å².